The number of hydrogen-bond donors (Lipinski definition) is 2. The minimum atomic E-state index is -0.0530. The Hall–Kier alpha value is -1.51. The molecule has 0 saturated carbocycles. The Labute approximate surface area is 70.8 Å². The second kappa shape index (κ2) is 2.85. The summed E-state index contributed by atoms with van der Waals surface area (Å²) in [6, 6.07) is 0. The van der Waals surface area contributed by atoms with Gasteiger partial charge < -0.3 is 10.6 Å². The molecule has 12 heavy (non-hydrogen) atoms. The second-order valence-corrected chi connectivity index (χ2v) is 2.78. The lowest BCUT2D eigenvalue weighted by Crippen LogP contribution is -2.32. The fourth-order valence-corrected chi connectivity index (χ4v) is 1.31. The highest BCUT2D eigenvalue weighted by Gasteiger charge is 2.11. The minimum Gasteiger partial charge on any atom is -0.368 e. The van der Waals surface area contributed by atoms with Crippen LogP contribution in [0.2, 0.25) is 0 Å². The molecule has 0 aromatic heterocycles. The molecule has 0 aliphatic carbocycles. The molecule has 0 saturated heterocycles. The number of allylic oxidation sites excluding steroid dienone is 3. The van der Waals surface area contributed by atoms with Crippen LogP contribution in [0.3, 0.4) is 0 Å². The summed E-state index contributed by atoms with van der Waals surface area (Å²) in [7, 11) is 0. The van der Waals surface area contributed by atoms with Crippen molar-refractivity contribution in [2.75, 3.05) is 6.54 Å². The van der Waals surface area contributed by atoms with Crippen molar-refractivity contribution in [3.05, 3.63) is 35.7 Å². The molecule has 62 valence electrons. The van der Waals surface area contributed by atoms with Gasteiger partial charge in [0, 0.05) is 6.54 Å². The maximum atomic E-state index is 11.0. The molecule has 3 nitrogen and oxygen atoms in total. The third-order valence-corrected chi connectivity index (χ3v) is 1.89. The molecule has 2 rings (SSSR count). The Morgan fingerprint density at radius 1 is 1.25 bits per heavy atom. The third-order valence-electron chi connectivity index (χ3n) is 1.89. The number of hydrogen-bond acceptors (Lipinski definition) is 2. The summed E-state index contributed by atoms with van der Waals surface area (Å²) in [5.74, 6) is 0.801. The molecule has 0 aromatic rings. The Balaban J connectivity index is 2.30. The number of carbonyl (C=O) groups is 1. The van der Waals surface area contributed by atoms with Crippen LogP contribution in [0.1, 0.15) is 6.42 Å². The van der Waals surface area contributed by atoms with Crippen LogP contribution in [-0.2, 0) is 4.79 Å². The molecular formula is C9H10N2O. The number of dihydropyridines is 1. The van der Waals surface area contributed by atoms with Gasteiger partial charge in [0.25, 0.3) is 0 Å². The van der Waals surface area contributed by atoms with Crippen molar-refractivity contribution in [1.29, 1.82) is 0 Å². The van der Waals surface area contributed by atoms with E-state index >= 15 is 0 Å². The Morgan fingerprint density at radius 3 is 3.08 bits per heavy atom. The first-order valence-corrected chi connectivity index (χ1v) is 3.97. The van der Waals surface area contributed by atoms with Crippen LogP contribution in [-0.4, -0.2) is 12.5 Å². The molecule has 3 heteroatoms. The van der Waals surface area contributed by atoms with Gasteiger partial charge in [0.05, 0.1) is 0 Å². The first kappa shape index (κ1) is 7.16. The molecule has 2 N–H and O–H groups in total. The molecule has 0 atom stereocenters. The van der Waals surface area contributed by atoms with Crippen molar-refractivity contribution in [3.8, 4) is 0 Å². The summed E-state index contributed by atoms with van der Waals surface area (Å²) >= 11 is 0. The van der Waals surface area contributed by atoms with E-state index in [-0.39, 0.29) is 5.91 Å². The Morgan fingerprint density at radius 2 is 2.17 bits per heavy atom. The van der Waals surface area contributed by atoms with Crippen LogP contribution in [0.15, 0.2) is 35.7 Å². The fourth-order valence-electron chi connectivity index (χ4n) is 1.31. The number of amides is 1. The SMILES string of the molecule is O=C1C=CCC2=C(NCC=C2)N1. The molecule has 0 unspecified atom stereocenters. The smallest absolute Gasteiger partial charge is 0.249 e. The lowest BCUT2D eigenvalue weighted by atomic mass is 10.1. The normalized spacial score (nSPS) is 21.2. The molecule has 0 aromatic carbocycles. The second-order valence-electron chi connectivity index (χ2n) is 2.78. The van der Waals surface area contributed by atoms with E-state index in [0.29, 0.717) is 0 Å². The Bertz CT molecular complexity index is 300. The largest absolute Gasteiger partial charge is 0.368 e. The number of carbonyl (C=O) groups excluding carboxylic acids is 1. The van der Waals surface area contributed by atoms with Gasteiger partial charge in [-0.15, -0.1) is 0 Å². The van der Waals surface area contributed by atoms with E-state index in [0.717, 1.165) is 24.4 Å². The fraction of sp³-hybridized carbons (Fsp3) is 0.222. The zero-order valence-electron chi connectivity index (χ0n) is 6.63. The van der Waals surface area contributed by atoms with Crippen molar-refractivity contribution >= 4 is 5.91 Å². The van der Waals surface area contributed by atoms with E-state index in [4.69, 9.17) is 0 Å². The predicted molar refractivity (Wildman–Crippen MR) is 46.1 cm³/mol. The average Bonchev–Trinajstić information content (AvgIpc) is 2.25. The lowest BCUT2D eigenvalue weighted by Gasteiger charge is -2.15. The summed E-state index contributed by atoms with van der Waals surface area (Å²) in [6.45, 7) is 0.791. The van der Waals surface area contributed by atoms with Crippen molar-refractivity contribution in [2.24, 2.45) is 0 Å². The number of rotatable bonds is 0. The van der Waals surface area contributed by atoms with E-state index in [9.17, 15) is 4.79 Å². The Kier molecular flexibility index (Phi) is 1.70. The molecule has 0 spiro atoms. The molecule has 1 amide bonds. The van der Waals surface area contributed by atoms with E-state index in [1.54, 1.807) is 6.08 Å². The summed E-state index contributed by atoms with van der Waals surface area (Å²) < 4.78 is 0. The van der Waals surface area contributed by atoms with Gasteiger partial charge in [-0.2, -0.15) is 0 Å². The summed E-state index contributed by atoms with van der Waals surface area (Å²) in [4.78, 5) is 11.0. The van der Waals surface area contributed by atoms with Crippen LogP contribution < -0.4 is 10.6 Å². The highest BCUT2D eigenvalue weighted by molar-refractivity contribution is 5.89. The van der Waals surface area contributed by atoms with Crippen molar-refractivity contribution in [3.63, 3.8) is 0 Å². The van der Waals surface area contributed by atoms with Gasteiger partial charge in [0.1, 0.15) is 5.82 Å². The summed E-state index contributed by atoms with van der Waals surface area (Å²) in [5.41, 5.74) is 1.14. The first-order valence-electron chi connectivity index (χ1n) is 3.97. The molecule has 0 fully saturated rings. The van der Waals surface area contributed by atoms with Gasteiger partial charge in [0.2, 0.25) is 5.91 Å². The summed E-state index contributed by atoms with van der Waals surface area (Å²) in [5, 5.41) is 5.88. The topological polar surface area (TPSA) is 41.1 Å². The maximum absolute atomic E-state index is 11.0. The summed E-state index contributed by atoms with van der Waals surface area (Å²) in [6.07, 6.45) is 8.34. The average molecular weight is 162 g/mol. The first-order chi connectivity index (χ1) is 5.86. The van der Waals surface area contributed by atoms with Gasteiger partial charge in [-0.3, -0.25) is 4.79 Å². The van der Waals surface area contributed by atoms with Crippen LogP contribution in [0.5, 0.6) is 0 Å². The van der Waals surface area contributed by atoms with E-state index in [1.807, 2.05) is 18.2 Å². The van der Waals surface area contributed by atoms with Crippen molar-refractivity contribution < 1.29 is 4.79 Å². The van der Waals surface area contributed by atoms with Crippen LogP contribution in [0, 0.1) is 0 Å². The van der Waals surface area contributed by atoms with E-state index in [1.165, 1.54) is 0 Å². The highest BCUT2D eigenvalue weighted by Crippen LogP contribution is 2.13. The quantitative estimate of drug-likeness (QED) is 0.542. The monoisotopic (exact) mass is 162 g/mol. The van der Waals surface area contributed by atoms with Gasteiger partial charge in [-0.25, -0.2) is 0 Å². The molecule has 0 bridgehead atoms. The predicted octanol–water partition coefficient (Wildman–Crippen LogP) is 0.433. The number of nitrogens with one attached hydrogen (secondary N) is 2. The molecule has 2 heterocycles. The van der Waals surface area contributed by atoms with Crippen molar-refractivity contribution in [2.45, 2.75) is 6.42 Å². The maximum Gasteiger partial charge on any atom is 0.249 e. The lowest BCUT2D eigenvalue weighted by molar-refractivity contribution is -0.115. The van der Waals surface area contributed by atoms with Crippen LogP contribution in [0.25, 0.3) is 0 Å². The van der Waals surface area contributed by atoms with Crippen molar-refractivity contribution in [1.82, 2.24) is 10.6 Å². The van der Waals surface area contributed by atoms with Gasteiger partial charge in [0.15, 0.2) is 0 Å². The van der Waals surface area contributed by atoms with E-state index < -0.39 is 0 Å². The van der Waals surface area contributed by atoms with Gasteiger partial charge in [-0.05, 0) is 18.1 Å². The van der Waals surface area contributed by atoms with E-state index in [2.05, 4.69) is 10.6 Å². The molecular weight excluding hydrogens is 152 g/mol. The standard InChI is InChI=1S/C9H10N2O/c12-8-5-1-3-7-4-2-6-10-9(7)11-8/h1-2,4-5,10H,3,6H2,(H,11,12). The third kappa shape index (κ3) is 1.25. The van der Waals surface area contributed by atoms with Crippen LogP contribution >= 0.6 is 0 Å². The minimum absolute atomic E-state index is 0.0530. The highest BCUT2D eigenvalue weighted by atomic mass is 16.1. The zero-order chi connectivity index (χ0) is 8.39. The zero-order valence-corrected chi connectivity index (χ0v) is 6.63. The van der Waals surface area contributed by atoms with Gasteiger partial charge >= 0.3 is 0 Å². The van der Waals surface area contributed by atoms with Crippen LogP contribution in [0.4, 0.5) is 0 Å². The molecule has 0 radical (unpaired) electrons. The van der Waals surface area contributed by atoms with Gasteiger partial charge in [-0.1, -0.05) is 18.2 Å². The molecule has 2 aliphatic rings. The molecule has 2 aliphatic heterocycles.